The predicted octanol–water partition coefficient (Wildman–Crippen LogP) is 2.22. The van der Waals surface area contributed by atoms with Crippen molar-refractivity contribution in [2.24, 2.45) is 0 Å². The van der Waals surface area contributed by atoms with Gasteiger partial charge in [0, 0.05) is 22.4 Å². The molecule has 122 valence electrons. The van der Waals surface area contributed by atoms with Crippen LogP contribution in [0.4, 0.5) is 5.69 Å². The number of carboxylic acid groups (broad SMARTS) is 1. The number of carbonyl (C=O) groups is 3. The monoisotopic (exact) mass is 354 g/mol. The van der Waals surface area contributed by atoms with E-state index in [4.69, 9.17) is 16.7 Å². The second-order valence-corrected chi connectivity index (χ2v) is 7.27. The van der Waals surface area contributed by atoms with E-state index in [2.05, 4.69) is 5.32 Å². The van der Waals surface area contributed by atoms with Gasteiger partial charge in [0.2, 0.25) is 11.8 Å². The summed E-state index contributed by atoms with van der Waals surface area (Å²) < 4.78 is 0. The van der Waals surface area contributed by atoms with E-state index in [1.54, 1.807) is 18.2 Å². The molecule has 1 saturated carbocycles. The number of hydrogen-bond donors (Lipinski definition) is 2. The molecule has 1 heterocycles. The Morgan fingerprint density at radius 2 is 2.13 bits per heavy atom. The number of rotatable bonds is 5. The van der Waals surface area contributed by atoms with Gasteiger partial charge in [0.15, 0.2) is 0 Å². The number of carboxylic acids is 1. The van der Waals surface area contributed by atoms with Crippen molar-refractivity contribution in [1.82, 2.24) is 4.90 Å². The van der Waals surface area contributed by atoms with E-state index in [0.717, 1.165) is 17.7 Å². The summed E-state index contributed by atoms with van der Waals surface area (Å²) >= 11 is 7.20. The van der Waals surface area contributed by atoms with Crippen molar-refractivity contribution in [2.75, 3.05) is 11.9 Å². The summed E-state index contributed by atoms with van der Waals surface area (Å²) in [5.41, 5.74) is 0.640. The zero-order valence-corrected chi connectivity index (χ0v) is 13.7. The van der Waals surface area contributed by atoms with Crippen molar-refractivity contribution in [1.29, 1.82) is 0 Å². The molecule has 0 radical (unpaired) electrons. The Hall–Kier alpha value is -1.73. The summed E-state index contributed by atoms with van der Waals surface area (Å²) in [6.07, 6.45) is 1.64. The smallest absolute Gasteiger partial charge is 0.323 e. The maximum absolute atomic E-state index is 12.4. The third-order valence-corrected chi connectivity index (χ3v) is 5.25. The van der Waals surface area contributed by atoms with Crippen LogP contribution < -0.4 is 5.32 Å². The molecule has 8 heteroatoms. The molecule has 1 aromatic rings. The number of halogens is 1. The van der Waals surface area contributed by atoms with Crippen molar-refractivity contribution in [3.8, 4) is 0 Å². The van der Waals surface area contributed by atoms with E-state index >= 15 is 0 Å². The number of thioether (sulfide) groups is 1. The fourth-order valence-electron chi connectivity index (χ4n) is 2.49. The Kier molecular flexibility index (Phi) is 4.50. The van der Waals surface area contributed by atoms with Crippen LogP contribution in [-0.2, 0) is 14.4 Å². The number of fused-ring (bicyclic) bond motifs is 1. The Bertz CT molecular complexity index is 677. The number of hydrogen-bond acceptors (Lipinski definition) is 4. The van der Waals surface area contributed by atoms with Gasteiger partial charge in [-0.05, 0) is 31.0 Å². The summed E-state index contributed by atoms with van der Waals surface area (Å²) in [5.74, 6) is -1.59. The number of amides is 2. The summed E-state index contributed by atoms with van der Waals surface area (Å²) in [6, 6.07) is 5.20. The molecule has 2 N–H and O–H groups in total. The van der Waals surface area contributed by atoms with Crippen molar-refractivity contribution in [3.05, 3.63) is 23.2 Å². The van der Waals surface area contributed by atoms with Crippen molar-refractivity contribution in [2.45, 2.75) is 35.4 Å². The highest BCUT2D eigenvalue weighted by atomic mass is 35.5. The molecule has 0 spiro atoms. The third-order valence-electron chi connectivity index (χ3n) is 3.73. The zero-order chi connectivity index (χ0) is 16.6. The minimum atomic E-state index is -1.04. The lowest BCUT2D eigenvalue weighted by Crippen LogP contribution is -2.41. The first-order valence-electron chi connectivity index (χ1n) is 7.22. The molecular formula is C15H15ClN2O4S. The Morgan fingerprint density at radius 3 is 2.78 bits per heavy atom. The van der Waals surface area contributed by atoms with Crippen LogP contribution in [0.1, 0.15) is 19.3 Å². The van der Waals surface area contributed by atoms with E-state index < -0.39 is 11.2 Å². The average Bonchev–Trinajstić information content (AvgIpc) is 3.30. The first-order chi connectivity index (χ1) is 10.9. The highest BCUT2D eigenvalue weighted by Gasteiger charge is 2.37. The van der Waals surface area contributed by atoms with Gasteiger partial charge in [0.25, 0.3) is 0 Å². The fourth-order valence-corrected chi connectivity index (χ4v) is 3.74. The summed E-state index contributed by atoms with van der Waals surface area (Å²) in [4.78, 5) is 37.7. The molecule has 23 heavy (non-hydrogen) atoms. The van der Waals surface area contributed by atoms with E-state index in [0.29, 0.717) is 10.7 Å². The Balaban J connectivity index is 1.69. The quantitative estimate of drug-likeness (QED) is 0.846. The standard InChI is InChI=1S/C15H15ClN2O4S/c16-8-1-4-11-10(5-8)17-15(22)12(23-11)6-13(19)18(7-14(20)21)9-2-3-9/h1,4-5,9,12H,2-3,6-7H2,(H,17,22)(H,20,21). The summed E-state index contributed by atoms with van der Waals surface area (Å²) in [6.45, 7) is -0.311. The first-order valence-corrected chi connectivity index (χ1v) is 8.48. The van der Waals surface area contributed by atoms with Crippen molar-refractivity contribution in [3.63, 3.8) is 0 Å². The molecule has 2 amide bonds. The number of nitrogens with one attached hydrogen (secondary N) is 1. The van der Waals surface area contributed by atoms with Crippen LogP contribution in [0.15, 0.2) is 23.1 Å². The molecule has 1 unspecified atom stereocenters. The second-order valence-electron chi connectivity index (χ2n) is 5.59. The Labute approximate surface area is 142 Å². The van der Waals surface area contributed by atoms with Gasteiger partial charge in [0.05, 0.1) is 10.9 Å². The van der Waals surface area contributed by atoms with Crippen LogP contribution in [0, 0.1) is 0 Å². The van der Waals surface area contributed by atoms with E-state index in [1.807, 2.05) is 0 Å². The van der Waals surface area contributed by atoms with Gasteiger partial charge in [-0.25, -0.2) is 0 Å². The second kappa shape index (κ2) is 6.41. The number of benzene rings is 1. The van der Waals surface area contributed by atoms with Crippen LogP contribution in [0.2, 0.25) is 5.02 Å². The number of carbonyl (C=O) groups excluding carboxylic acids is 2. The molecule has 1 aromatic carbocycles. The largest absolute Gasteiger partial charge is 0.480 e. The molecule has 3 rings (SSSR count). The van der Waals surface area contributed by atoms with Crippen LogP contribution in [0.5, 0.6) is 0 Å². The maximum atomic E-state index is 12.4. The molecule has 1 aliphatic heterocycles. The lowest BCUT2D eigenvalue weighted by Gasteiger charge is -2.26. The average molecular weight is 355 g/mol. The van der Waals surface area contributed by atoms with Gasteiger partial charge in [-0.2, -0.15) is 0 Å². The third kappa shape index (κ3) is 3.79. The lowest BCUT2D eigenvalue weighted by molar-refractivity contribution is -0.145. The number of nitrogens with zero attached hydrogens (tertiary/aromatic N) is 1. The number of aliphatic carboxylic acids is 1. The van der Waals surface area contributed by atoms with Crippen LogP contribution in [0.3, 0.4) is 0 Å². The minimum absolute atomic E-state index is 0.00125. The molecule has 6 nitrogen and oxygen atoms in total. The Morgan fingerprint density at radius 1 is 1.39 bits per heavy atom. The zero-order valence-electron chi connectivity index (χ0n) is 12.1. The van der Waals surface area contributed by atoms with Crippen molar-refractivity contribution < 1.29 is 19.5 Å². The van der Waals surface area contributed by atoms with Gasteiger partial charge in [-0.15, -0.1) is 11.8 Å². The molecule has 0 aromatic heterocycles. The molecule has 1 atom stereocenters. The maximum Gasteiger partial charge on any atom is 0.323 e. The minimum Gasteiger partial charge on any atom is -0.480 e. The van der Waals surface area contributed by atoms with Crippen LogP contribution in [0.25, 0.3) is 0 Å². The molecular weight excluding hydrogens is 340 g/mol. The highest BCUT2D eigenvalue weighted by Crippen LogP contribution is 2.39. The molecule has 1 fully saturated rings. The SMILES string of the molecule is O=C(O)CN(C(=O)CC1Sc2ccc(Cl)cc2NC1=O)C1CC1. The van der Waals surface area contributed by atoms with Gasteiger partial charge >= 0.3 is 5.97 Å². The molecule has 2 aliphatic rings. The van der Waals surface area contributed by atoms with E-state index in [9.17, 15) is 14.4 Å². The lowest BCUT2D eigenvalue weighted by atomic mass is 10.2. The molecule has 0 bridgehead atoms. The van der Waals surface area contributed by atoms with Gasteiger partial charge in [-0.3, -0.25) is 14.4 Å². The van der Waals surface area contributed by atoms with Crippen LogP contribution >= 0.6 is 23.4 Å². The van der Waals surface area contributed by atoms with E-state index in [-0.39, 0.29) is 30.8 Å². The summed E-state index contributed by atoms with van der Waals surface area (Å²) in [5, 5.41) is 11.6. The molecule has 0 saturated heterocycles. The topological polar surface area (TPSA) is 86.7 Å². The summed E-state index contributed by atoms with van der Waals surface area (Å²) in [7, 11) is 0. The van der Waals surface area contributed by atoms with E-state index in [1.165, 1.54) is 16.7 Å². The predicted molar refractivity (Wildman–Crippen MR) is 86.7 cm³/mol. The first kappa shape index (κ1) is 16.1. The van der Waals surface area contributed by atoms with Crippen LogP contribution in [-0.4, -0.2) is 45.6 Å². The highest BCUT2D eigenvalue weighted by molar-refractivity contribution is 8.01. The fraction of sp³-hybridized carbons (Fsp3) is 0.400. The molecule has 1 aliphatic carbocycles. The van der Waals surface area contributed by atoms with Gasteiger partial charge < -0.3 is 15.3 Å². The van der Waals surface area contributed by atoms with Gasteiger partial charge in [-0.1, -0.05) is 11.6 Å². The number of anilines is 1. The normalized spacial score (nSPS) is 19.7. The van der Waals surface area contributed by atoms with Gasteiger partial charge in [0.1, 0.15) is 6.54 Å². The van der Waals surface area contributed by atoms with Crippen molar-refractivity contribution >= 4 is 46.8 Å².